The molecule has 8 rings (SSSR count). The Kier molecular flexibility index (Phi) is 27.2. The number of carbonyl (C=O) groups excluding carboxylic acids is 12. The molecule has 10 atom stereocenters. The summed E-state index contributed by atoms with van der Waals surface area (Å²) in [5.41, 5.74) is -2.32. The summed E-state index contributed by atoms with van der Waals surface area (Å²) in [6.07, 6.45) is 5.68. The SMILES string of the molecule is CC[C@H](C)[C@@H]1NC(=O)[C@H](CC(C)C)N(C)C(=O)C[C@H](C(=O)N2CCCC2)N(C)C(=O)[C@H](C2CCCC2)N(C)C(=O)C2(CCCC2)NC(=O)[C@@H]2CCCN2C(=O)[C@H](CCc2ccc(C(F)(F)F)c(Cl)c2)NC(=O)CN(C)C(=O)[C@H](CC2CCCCC2)N(C)C(=O)[C@@H]2CCN2C(=O)[C@H](C)N(C)C1=O. The van der Waals surface area contributed by atoms with Crippen LogP contribution in [-0.2, 0) is 70.1 Å². The number of hydrogen-bond donors (Lipinski definition) is 3. The van der Waals surface area contributed by atoms with E-state index in [1.165, 1.54) is 89.6 Å². The Morgan fingerprint density at radius 1 is 0.634 bits per heavy atom. The van der Waals surface area contributed by atoms with Crippen LogP contribution in [0.2, 0.25) is 5.02 Å². The van der Waals surface area contributed by atoms with Crippen LogP contribution in [0.3, 0.4) is 0 Å². The Balaban J connectivity index is 1.18. The van der Waals surface area contributed by atoms with E-state index in [-0.39, 0.29) is 82.2 Å². The Bertz CT molecular complexity index is 3210. The van der Waals surface area contributed by atoms with E-state index in [2.05, 4.69) is 16.0 Å². The number of nitrogens with one attached hydrogen (secondary N) is 3. The number of nitrogens with zero attached hydrogens (tertiary/aromatic N) is 9. The van der Waals surface area contributed by atoms with Crippen molar-refractivity contribution >= 4 is 82.5 Å². The topological polar surface area (TPSA) is 270 Å². The lowest BCUT2D eigenvalue weighted by Crippen LogP contribution is -2.65. The minimum atomic E-state index is -4.76. The summed E-state index contributed by atoms with van der Waals surface area (Å²) in [6.45, 7) is 9.24. The summed E-state index contributed by atoms with van der Waals surface area (Å²) in [5.74, 6) is -8.44. The van der Waals surface area contributed by atoms with Crippen molar-refractivity contribution < 1.29 is 70.7 Å². The molecule has 24 nitrogen and oxygen atoms in total. The van der Waals surface area contributed by atoms with Gasteiger partial charge in [0.2, 0.25) is 70.9 Å². The molecule has 101 heavy (non-hydrogen) atoms. The molecule has 0 unspecified atom stereocenters. The molecule has 1 spiro atoms. The van der Waals surface area contributed by atoms with Gasteiger partial charge in [0.25, 0.3) is 0 Å². The van der Waals surface area contributed by atoms with Gasteiger partial charge in [0.15, 0.2) is 0 Å². The van der Waals surface area contributed by atoms with Crippen molar-refractivity contribution in [1.29, 1.82) is 0 Å². The fourth-order valence-corrected chi connectivity index (χ4v) is 16.7. The Hall–Kier alpha value is -7.06. The van der Waals surface area contributed by atoms with Gasteiger partial charge in [-0.3, -0.25) is 57.5 Å². The number of amides is 12. The van der Waals surface area contributed by atoms with Crippen molar-refractivity contribution in [3.63, 3.8) is 0 Å². The minimum Gasteiger partial charge on any atom is -0.343 e. The van der Waals surface area contributed by atoms with Gasteiger partial charge >= 0.3 is 6.18 Å². The maximum Gasteiger partial charge on any atom is 0.417 e. The van der Waals surface area contributed by atoms with Crippen LogP contribution in [0.15, 0.2) is 18.2 Å². The van der Waals surface area contributed by atoms with E-state index in [1.807, 2.05) is 20.8 Å². The largest absolute Gasteiger partial charge is 0.417 e. The zero-order chi connectivity index (χ0) is 74.1. The molecular weight excluding hydrogens is 1330 g/mol. The molecule has 3 saturated carbocycles. The van der Waals surface area contributed by atoms with E-state index in [0.29, 0.717) is 70.0 Å². The number of likely N-dealkylation sites (tertiary alicyclic amines) is 1. The predicted molar refractivity (Wildman–Crippen MR) is 371 cm³/mol. The van der Waals surface area contributed by atoms with Crippen molar-refractivity contribution in [2.75, 3.05) is 75.0 Å². The number of alkyl halides is 3. The van der Waals surface area contributed by atoms with E-state index in [1.54, 1.807) is 11.8 Å². The lowest BCUT2D eigenvalue weighted by molar-refractivity contribution is -0.160. The highest BCUT2D eigenvalue weighted by Crippen LogP contribution is 2.39. The number of fused-ring (bicyclic) bond motifs is 2. The van der Waals surface area contributed by atoms with Crippen LogP contribution in [0.4, 0.5) is 13.2 Å². The first-order chi connectivity index (χ1) is 47.7. The number of carbonyl (C=O) groups is 12. The number of aryl methyl sites for hydroxylation is 1. The van der Waals surface area contributed by atoms with Gasteiger partial charge in [-0.2, -0.15) is 13.2 Å². The second-order valence-electron chi connectivity index (χ2n) is 30.4. The standard InChI is InChI=1S/C73H110ClF3N12O12/c1-12-45(4)60-69(99)82(7)46(5)64(94)89-38-32-54(89)67(97)84(9)56(41-47-23-14-13-15-24-47)66(96)81(6)43-58(90)78-52(31-29-48-28-30-50(51(74)40-48)73(75,76)77)65(95)88-37-22-27-53(88)63(93)80-72(33-18-19-34-72)71(101)86(11)61(49-25-16-17-26-49)70(100)85(10)57(68(98)87-35-20-21-36-87)42-59(91)83(8)55(39-44(2)3)62(92)79-60/h28,30,40,44-47,49,52-57,60-61H,12-27,29,31-39,41-43H2,1-11H3,(H,78,90)(H,79,92)(H,80,93)/t45-,46-,52-,53-,54-,55-,56-,57+,60-,61-/m0/s1. The predicted octanol–water partition coefficient (Wildman–Crippen LogP) is 6.17. The zero-order valence-electron chi connectivity index (χ0n) is 61.2. The summed E-state index contributed by atoms with van der Waals surface area (Å²) < 4.78 is 41.7. The van der Waals surface area contributed by atoms with Gasteiger partial charge in [0.1, 0.15) is 59.9 Å². The van der Waals surface area contributed by atoms with Crippen molar-refractivity contribution in [3.8, 4) is 0 Å². The molecule has 4 aliphatic heterocycles. The molecule has 3 aliphatic carbocycles. The molecule has 4 heterocycles. The summed E-state index contributed by atoms with van der Waals surface area (Å²) in [7, 11) is 8.74. The van der Waals surface area contributed by atoms with Crippen molar-refractivity contribution in [2.45, 2.75) is 255 Å². The number of rotatable bonds is 11. The second kappa shape index (κ2) is 34.5. The third-order valence-corrected chi connectivity index (χ3v) is 23.4. The van der Waals surface area contributed by atoms with Crippen molar-refractivity contribution in [2.24, 2.45) is 23.7 Å². The molecule has 0 radical (unpaired) electrons. The highest BCUT2D eigenvalue weighted by atomic mass is 35.5. The molecule has 7 aliphatic rings. The number of halogens is 4. The van der Waals surface area contributed by atoms with E-state index in [0.717, 1.165) is 62.0 Å². The molecule has 12 amide bonds. The van der Waals surface area contributed by atoms with E-state index >= 15 is 28.8 Å². The number of likely N-dealkylation sites (N-methyl/N-ethyl adjacent to an activating group) is 6. The maximum absolute atomic E-state index is 15.7. The van der Waals surface area contributed by atoms with Crippen LogP contribution in [0, 0.1) is 23.7 Å². The van der Waals surface area contributed by atoms with Crippen LogP contribution < -0.4 is 16.0 Å². The maximum atomic E-state index is 15.7. The fraction of sp³-hybridized carbons (Fsp3) is 0.753. The lowest BCUT2D eigenvalue weighted by atomic mass is 9.84. The summed E-state index contributed by atoms with van der Waals surface area (Å²) in [4.78, 5) is 193. The normalized spacial score (nSPS) is 28.5. The van der Waals surface area contributed by atoms with Gasteiger partial charge in [-0.25, -0.2) is 0 Å². The fourth-order valence-electron chi connectivity index (χ4n) is 16.4. The zero-order valence-corrected chi connectivity index (χ0v) is 61.9. The second-order valence-corrected chi connectivity index (χ2v) is 30.8. The van der Waals surface area contributed by atoms with Crippen LogP contribution in [0.1, 0.15) is 193 Å². The highest BCUT2D eigenvalue weighted by Gasteiger charge is 2.52. The van der Waals surface area contributed by atoms with Crippen LogP contribution >= 0.6 is 11.6 Å². The molecule has 4 saturated heterocycles. The summed E-state index contributed by atoms with van der Waals surface area (Å²) in [6, 6.07) is -7.67. The van der Waals surface area contributed by atoms with Gasteiger partial charge in [-0.05, 0) is 132 Å². The van der Waals surface area contributed by atoms with Gasteiger partial charge in [0.05, 0.1) is 23.6 Å². The van der Waals surface area contributed by atoms with Crippen LogP contribution in [-0.4, -0.2) is 250 Å². The average Bonchev–Trinajstić information content (AvgIpc) is 1.76. The van der Waals surface area contributed by atoms with Crippen LogP contribution in [0.5, 0.6) is 0 Å². The van der Waals surface area contributed by atoms with Gasteiger partial charge in [0, 0.05) is 68.5 Å². The van der Waals surface area contributed by atoms with E-state index in [4.69, 9.17) is 11.6 Å². The third-order valence-electron chi connectivity index (χ3n) is 23.1. The van der Waals surface area contributed by atoms with Gasteiger partial charge < -0.3 is 60.0 Å². The average molecular weight is 1440 g/mol. The Morgan fingerprint density at radius 3 is 1.86 bits per heavy atom. The third kappa shape index (κ3) is 18.5. The first-order valence-electron chi connectivity index (χ1n) is 37.0. The Morgan fingerprint density at radius 2 is 1.27 bits per heavy atom. The molecule has 0 bridgehead atoms. The smallest absolute Gasteiger partial charge is 0.343 e. The van der Waals surface area contributed by atoms with Crippen molar-refractivity contribution in [1.82, 2.24) is 60.0 Å². The molecule has 0 aromatic heterocycles. The van der Waals surface area contributed by atoms with Crippen LogP contribution in [0.25, 0.3) is 0 Å². The molecule has 562 valence electrons. The monoisotopic (exact) mass is 1440 g/mol. The Labute approximate surface area is 598 Å². The quantitative estimate of drug-likeness (QED) is 0.224. The summed E-state index contributed by atoms with van der Waals surface area (Å²) in [5, 5.41) is 8.24. The first-order valence-corrected chi connectivity index (χ1v) is 37.3. The molecule has 7 fully saturated rings. The molecule has 28 heteroatoms. The molecule has 1 aromatic rings. The molecule has 1 aromatic carbocycles. The lowest BCUT2D eigenvalue weighted by Gasteiger charge is -2.45. The van der Waals surface area contributed by atoms with Gasteiger partial charge in [-0.1, -0.05) is 110 Å². The first kappa shape index (κ1) is 79.6. The number of benzene rings is 1. The minimum absolute atomic E-state index is 0.0249. The molecule has 3 N–H and O–H groups in total. The van der Waals surface area contributed by atoms with Crippen molar-refractivity contribution in [3.05, 3.63) is 34.3 Å². The molecular formula is C73H110ClF3N12O12. The van der Waals surface area contributed by atoms with E-state index in [9.17, 15) is 41.9 Å². The van der Waals surface area contributed by atoms with E-state index < -0.39 is 166 Å². The summed E-state index contributed by atoms with van der Waals surface area (Å²) >= 11 is 6.17. The number of hydrogen-bond acceptors (Lipinski definition) is 12. The highest BCUT2D eigenvalue weighted by molar-refractivity contribution is 6.31. The van der Waals surface area contributed by atoms with Gasteiger partial charge in [-0.15, -0.1) is 0 Å².